The van der Waals surface area contributed by atoms with Crippen LogP contribution < -0.4 is 4.90 Å². The fourth-order valence-electron chi connectivity index (χ4n) is 1.90. The standard InChI is InChI=1S/C16H17NO/c1-12-4-8-15(9-5-12)17(14(3)18)16-10-6-13(2)7-11-16/h4-11H,1-3H3. The van der Waals surface area contributed by atoms with Gasteiger partial charge in [-0.1, -0.05) is 35.4 Å². The first kappa shape index (κ1) is 12.4. The van der Waals surface area contributed by atoms with Gasteiger partial charge in [-0.25, -0.2) is 0 Å². The van der Waals surface area contributed by atoms with E-state index in [0.29, 0.717) is 0 Å². The van der Waals surface area contributed by atoms with Crippen LogP contribution in [0.15, 0.2) is 48.5 Å². The van der Waals surface area contributed by atoms with Crippen LogP contribution in [0.2, 0.25) is 0 Å². The van der Waals surface area contributed by atoms with Crippen LogP contribution in [0.25, 0.3) is 0 Å². The molecule has 2 aromatic rings. The van der Waals surface area contributed by atoms with Gasteiger partial charge in [0.2, 0.25) is 5.91 Å². The Balaban J connectivity index is 2.43. The van der Waals surface area contributed by atoms with Crippen LogP contribution in [-0.2, 0) is 4.79 Å². The molecule has 0 radical (unpaired) electrons. The highest BCUT2D eigenvalue weighted by atomic mass is 16.2. The van der Waals surface area contributed by atoms with Gasteiger partial charge in [-0.3, -0.25) is 9.69 Å². The van der Waals surface area contributed by atoms with E-state index in [4.69, 9.17) is 0 Å². The summed E-state index contributed by atoms with van der Waals surface area (Å²) in [6.07, 6.45) is 0. The normalized spacial score (nSPS) is 10.2. The van der Waals surface area contributed by atoms with Crippen LogP contribution in [0, 0.1) is 13.8 Å². The molecule has 2 nitrogen and oxygen atoms in total. The zero-order valence-electron chi connectivity index (χ0n) is 11.0. The largest absolute Gasteiger partial charge is 0.281 e. The smallest absolute Gasteiger partial charge is 0.228 e. The highest BCUT2D eigenvalue weighted by Crippen LogP contribution is 2.26. The summed E-state index contributed by atoms with van der Waals surface area (Å²) in [5.74, 6) is 0.0164. The summed E-state index contributed by atoms with van der Waals surface area (Å²) in [6.45, 7) is 5.65. The molecule has 0 aliphatic carbocycles. The van der Waals surface area contributed by atoms with Gasteiger partial charge in [0.15, 0.2) is 0 Å². The zero-order valence-corrected chi connectivity index (χ0v) is 11.0. The summed E-state index contributed by atoms with van der Waals surface area (Å²) < 4.78 is 0. The van der Waals surface area contributed by atoms with Crippen LogP contribution in [0.1, 0.15) is 18.1 Å². The minimum atomic E-state index is 0.0164. The Morgan fingerprint density at radius 1 is 0.778 bits per heavy atom. The molecule has 0 saturated carbocycles. The van der Waals surface area contributed by atoms with E-state index in [-0.39, 0.29) is 5.91 Å². The number of anilines is 2. The summed E-state index contributed by atoms with van der Waals surface area (Å²) in [5, 5.41) is 0. The quantitative estimate of drug-likeness (QED) is 0.776. The van der Waals surface area contributed by atoms with Crippen molar-refractivity contribution in [1.82, 2.24) is 0 Å². The Hall–Kier alpha value is -2.09. The molecule has 0 aromatic heterocycles. The van der Waals surface area contributed by atoms with Crippen molar-refractivity contribution in [2.45, 2.75) is 20.8 Å². The molecule has 1 amide bonds. The minimum Gasteiger partial charge on any atom is -0.281 e. The lowest BCUT2D eigenvalue weighted by Crippen LogP contribution is -2.22. The van der Waals surface area contributed by atoms with E-state index in [0.717, 1.165) is 11.4 Å². The van der Waals surface area contributed by atoms with E-state index in [1.54, 1.807) is 11.8 Å². The fraction of sp³-hybridized carbons (Fsp3) is 0.188. The van der Waals surface area contributed by atoms with Gasteiger partial charge in [0.1, 0.15) is 0 Å². The van der Waals surface area contributed by atoms with Crippen molar-refractivity contribution in [3.05, 3.63) is 59.7 Å². The van der Waals surface area contributed by atoms with Crippen LogP contribution in [0.4, 0.5) is 11.4 Å². The molecule has 0 aliphatic heterocycles. The van der Waals surface area contributed by atoms with Gasteiger partial charge < -0.3 is 0 Å². The van der Waals surface area contributed by atoms with Gasteiger partial charge in [-0.2, -0.15) is 0 Å². The number of benzene rings is 2. The fourth-order valence-corrected chi connectivity index (χ4v) is 1.90. The van der Waals surface area contributed by atoms with E-state index >= 15 is 0 Å². The van der Waals surface area contributed by atoms with Crippen LogP contribution in [-0.4, -0.2) is 5.91 Å². The lowest BCUT2D eigenvalue weighted by Gasteiger charge is -2.21. The maximum Gasteiger partial charge on any atom is 0.228 e. The number of hydrogen-bond acceptors (Lipinski definition) is 1. The second-order valence-electron chi connectivity index (χ2n) is 4.53. The van der Waals surface area contributed by atoms with Gasteiger partial charge >= 0.3 is 0 Å². The average Bonchev–Trinajstić information content (AvgIpc) is 2.34. The molecule has 0 fully saturated rings. The first-order chi connectivity index (χ1) is 8.58. The van der Waals surface area contributed by atoms with Crippen LogP contribution >= 0.6 is 0 Å². The molecule has 0 N–H and O–H groups in total. The predicted molar refractivity (Wildman–Crippen MR) is 75.2 cm³/mol. The van der Waals surface area contributed by atoms with Crippen LogP contribution in [0.3, 0.4) is 0 Å². The van der Waals surface area contributed by atoms with Gasteiger partial charge in [0, 0.05) is 18.3 Å². The molecule has 0 spiro atoms. The maximum atomic E-state index is 11.8. The molecule has 0 saturated heterocycles. The first-order valence-electron chi connectivity index (χ1n) is 6.02. The van der Waals surface area contributed by atoms with Crippen molar-refractivity contribution in [2.75, 3.05) is 4.90 Å². The number of rotatable bonds is 2. The third kappa shape index (κ3) is 2.59. The Kier molecular flexibility index (Phi) is 3.47. The number of amides is 1. The zero-order chi connectivity index (χ0) is 13.1. The van der Waals surface area contributed by atoms with Gasteiger partial charge in [-0.05, 0) is 38.1 Å². The highest BCUT2D eigenvalue weighted by Gasteiger charge is 2.13. The number of aryl methyl sites for hydroxylation is 2. The molecule has 0 bridgehead atoms. The average molecular weight is 239 g/mol. The molecule has 18 heavy (non-hydrogen) atoms. The van der Waals surface area contributed by atoms with Gasteiger partial charge in [0.05, 0.1) is 0 Å². The van der Waals surface area contributed by atoms with Crippen molar-refractivity contribution in [2.24, 2.45) is 0 Å². The van der Waals surface area contributed by atoms with Crippen molar-refractivity contribution < 1.29 is 4.79 Å². The SMILES string of the molecule is CC(=O)N(c1ccc(C)cc1)c1ccc(C)cc1. The molecule has 2 heteroatoms. The molecule has 2 aromatic carbocycles. The lowest BCUT2D eigenvalue weighted by molar-refractivity contribution is -0.115. The highest BCUT2D eigenvalue weighted by molar-refractivity contribution is 5.99. The topological polar surface area (TPSA) is 20.3 Å². The molecule has 0 heterocycles. The van der Waals surface area contributed by atoms with E-state index in [9.17, 15) is 4.79 Å². The third-order valence-corrected chi connectivity index (χ3v) is 2.90. The number of carbonyl (C=O) groups is 1. The minimum absolute atomic E-state index is 0.0164. The summed E-state index contributed by atoms with van der Waals surface area (Å²) in [7, 11) is 0. The summed E-state index contributed by atoms with van der Waals surface area (Å²) in [5.41, 5.74) is 4.17. The third-order valence-electron chi connectivity index (χ3n) is 2.90. The maximum absolute atomic E-state index is 11.8. The van der Waals surface area contributed by atoms with Gasteiger partial charge in [-0.15, -0.1) is 0 Å². The number of nitrogens with zero attached hydrogens (tertiary/aromatic N) is 1. The Labute approximate surface area is 108 Å². The van der Waals surface area contributed by atoms with E-state index in [1.165, 1.54) is 11.1 Å². The Bertz CT molecular complexity index is 495. The number of hydrogen-bond donors (Lipinski definition) is 0. The lowest BCUT2D eigenvalue weighted by atomic mass is 10.1. The molecule has 0 aliphatic rings. The van der Waals surface area contributed by atoms with E-state index in [2.05, 4.69) is 0 Å². The molecule has 2 rings (SSSR count). The predicted octanol–water partition coefficient (Wildman–Crippen LogP) is 3.99. The van der Waals surface area contributed by atoms with Gasteiger partial charge in [0.25, 0.3) is 0 Å². The second kappa shape index (κ2) is 5.05. The van der Waals surface area contributed by atoms with E-state index in [1.807, 2.05) is 62.4 Å². The summed E-state index contributed by atoms with van der Waals surface area (Å²) in [4.78, 5) is 13.6. The second-order valence-corrected chi connectivity index (χ2v) is 4.53. The van der Waals surface area contributed by atoms with Crippen molar-refractivity contribution >= 4 is 17.3 Å². The van der Waals surface area contributed by atoms with Crippen molar-refractivity contribution in [3.8, 4) is 0 Å². The number of carbonyl (C=O) groups excluding carboxylic acids is 1. The monoisotopic (exact) mass is 239 g/mol. The summed E-state index contributed by atoms with van der Waals surface area (Å²) >= 11 is 0. The molecule has 0 atom stereocenters. The van der Waals surface area contributed by atoms with Crippen LogP contribution in [0.5, 0.6) is 0 Å². The Morgan fingerprint density at radius 2 is 1.11 bits per heavy atom. The Morgan fingerprint density at radius 3 is 1.39 bits per heavy atom. The van der Waals surface area contributed by atoms with Crippen molar-refractivity contribution in [3.63, 3.8) is 0 Å². The summed E-state index contributed by atoms with van der Waals surface area (Å²) in [6, 6.07) is 15.9. The molecular weight excluding hydrogens is 222 g/mol. The van der Waals surface area contributed by atoms with E-state index < -0.39 is 0 Å². The molecule has 0 unspecified atom stereocenters. The first-order valence-corrected chi connectivity index (χ1v) is 6.02. The molecule has 92 valence electrons. The van der Waals surface area contributed by atoms with Crippen molar-refractivity contribution in [1.29, 1.82) is 0 Å². The molecular formula is C16H17NO.